The Morgan fingerprint density at radius 1 is 0.266 bits per heavy atom. The fourth-order valence-electron chi connectivity index (χ4n) is 10.1. The molecule has 0 bridgehead atoms. The van der Waals surface area contributed by atoms with Crippen molar-refractivity contribution < 1.29 is 28.6 Å². The Morgan fingerprint density at radius 2 is 0.494 bits per heavy atom. The zero-order valence-corrected chi connectivity index (χ0v) is 52.6. The number of hydrogen-bond acceptors (Lipinski definition) is 6. The van der Waals surface area contributed by atoms with E-state index < -0.39 is 6.10 Å². The molecule has 0 spiro atoms. The van der Waals surface area contributed by atoms with Crippen LogP contribution in [0.25, 0.3) is 0 Å². The van der Waals surface area contributed by atoms with Gasteiger partial charge in [-0.2, -0.15) is 0 Å². The minimum atomic E-state index is -0.780. The van der Waals surface area contributed by atoms with Crippen LogP contribution in [0.5, 0.6) is 0 Å². The van der Waals surface area contributed by atoms with Gasteiger partial charge in [-0.15, -0.1) is 0 Å². The molecule has 0 saturated carbocycles. The molecular weight excluding hydrogens is 973 g/mol. The zero-order valence-electron chi connectivity index (χ0n) is 52.6. The van der Waals surface area contributed by atoms with Gasteiger partial charge in [-0.25, -0.2) is 0 Å². The van der Waals surface area contributed by atoms with Crippen molar-refractivity contribution in [2.45, 2.75) is 361 Å². The fraction of sp³-hybridized carbons (Fsp3) is 0.795. The van der Waals surface area contributed by atoms with Gasteiger partial charge in [0.2, 0.25) is 0 Å². The summed E-state index contributed by atoms with van der Waals surface area (Å²) in [5.41, 5.74) is 0. The Labute approximate surface area is 491 Å². The number of hydrogen-bond donors (Lipinski definition) is 0. The van der Waals surface area contributed by atoms with E-state index >= 15 is 0 Å². The quantitative estimate of drug-likeness (QED) is 0.0261. The number of carbonyl (C=O) groups is 3. The third-order valence-electron chi connectivity index (χ3n) is 15.2. The SMILES string of the molecule is CC/C=C\C/C=C\C/C=C\C/C=C\CCCCCCCCCCCCC(=O)OCC(COC(=O)CCCCCCCCCCCCCCCCCCCCC)OC(=O)CCCCCCCCCCC/C=C\C/C=C\CCCCC. The van der Waals surface area contributed by atoms with Crippen molar-refractivity contribution in [2.75, 3.05) is 13.2 Å². The highest BCUT2D eigenvalue weighted by Gasteiger charge is 2.19. The van der Waals surface area contributed by atoms with Crippen molar-refractivity contribution in [1.82, 2.24) is 0 Å². The highest BCUT2D eigenvalue weighted by Crippen LogP contribution is 2.18. The van der Waals surface area contributed by atoms with Crippen LogP contribution in [0, 0.1) is 0 Å². The molecule has 79 heavy (non-hydrogen) atoms. The average Bonchev–Trinajstić information content (AvgIpc) is 3.45. The zero-order chi connectivity index (χ0) is 57.1. The van der Waals surface area contributed by atoms with Crippen LogP contribution in [0.1, 0.15) is 355 Å². The molecule has 0 N–H and O–H groups in total. The van der Waals surface area contributed by atoms with Crippen LogP contribution in [-0.4, -0.2) is 37.2 Å². The van der Waals surface area contributed by atoms with Gasteiger partial charge in [0.25, 0.3) is 0 Å². The Morgan fingerprint density at radius 3 is 0.797 bits per heavy atom. The molecule has 0 fully saturated rings. The molecule has 1 atom stereocenters. The van der Waals surface area contributed by atoms with Crippen LogP contribution in [-0.2, 0) is 28.6 Å². The molecule has 6 nitrogen and oxygen atoms in total. The molecule has 0 aliphatic rings. The highest BCUT2D eigenvalue weighted by molar-refractivity contribution is 5.71. The summed E-state index contributed by atoms with van der Waals surface area (Å²) < 4.78 is 17.0. The van der Waals surface area contributed by atoms with E-state index in [0.717, 1.165) is 89.9 Å². The lowest BCUT2D eigenvalue weighted by molar-refractivity contribution is -0.167. The lowest BCUT2D eigenvalue weighted by atomic mass is 10.0. The van der Waals surface area contributed by atoms with E-state index in [1.54, 1.807) is 0 Å². The van der Waals surface area contributed by atoms with Gasteiger partial charge in [-0.1, -0.05) is 318 Å². The van der Waals surface area contributed by atoms with Crippen molar-refractivity contribution in [3.63, 3.8) is 0 Å². The maximum atomic E-state index is 13.0. The van der Waals surface area contributed by atoms with Crippen LogP contribution in [0.4, 0.5) is 0 Å². The topological polar surface area (TPSA) is 78.9 Å². The number of carbonyl (C=O) groups excluding carboxylic acids is 3. The molecule has 458 valence electrons. The van der Waals surface area contributed by atoms with Gasteiger partial charge in [0.15, 0.2) is 6.10 Å². The first-order chi connectivity index (χ1) is 39.0. The summed E-state index contributed by atoms with van der Waals surface area (Å²) in [5.74, 6) is -0.861. The Kier molecular flexibility index (Phi) is 64.7. The first-order valence-electron chi connectivity index (χ1n) is 34.4. The van der Waals surface area contributed by atoms with Crippen LogP contribution < -0.4 is 0 Å². The second-order valence-electron chi connectivity index (χ2n) is 23.1. The Balaban J connectivity index is 4.35. The van der Waals surface area contributed by atoms with Crippen LogP contribution in [0.2, 0.25) is 0 Å². The van der Waals surface area contributed by atoms with Crippen molar-refractivity contribution >= 4 is 17.9 Å². The van der Waals surface area contributed by atoms with Gasteiger partial charge in [0.05, 0.1) is 0 Å². The van der Waals surface area contributed by atoms with Crippen molar-refractivity contribution in [3.05, 3.63) is 72.9 Å². The molecule has 0 rings (SSSR count). The number of esters is 3. The summed E-state index contributed by atoms with van der Waals surface area (Å²) in [4.78, 5) is 38.5. The van der Waals surface area contributed by atoms with E-state index in [0.29, 0.717) is 19.3 Å². The van der Waals surface area contributed by atoms with E-state index in [1.165, 1.54) is 225 Å². The standard InChI is InChI=1S/C73H130O6/c1-4-7-10-13-16-19-22-25-28-31-34-35-36-37-40-42-45-48-51-54-57-60-63-66-72(75)78-69-70(79-73(76)67-64-61-58-55-52-49-46-43-39-33-30-27-24-21-18-15-12-9-6-3)68-77-71(74)65-62-59-56-53-50-47-44-41-38-32-29-26-23-20-17-14-11-8-5-2/h7,10,16,18-19,21,25,27-28,30,34-35,70H,4-6,8-9,11-15,17,20,22-24,26,29,31-33,36-69H2,1-3H3/b10-7-,19-16-,21-18-,28-25-,30-27-,35-34-. The van der Waals surface area contributed by atoms with Gasteiger partial charge < -0.3 is 14.2 Å². The molecule has 0 saturated heterocycles. The number of allylic oxidation sites excluding steroid dienone is 12. The van der Waals surface area contributed by atoms with Gasteiger partial charge in [0, 0.05) is 19.3 Å². The monoisotopic (exact) mass is 1100 g/mol. The summed E-state index contributed by atoms with van der Waals surface area (Å²) in [6.07, 6.45) is 87.7. The minimum Gasteiger partial charge on any atom is -0.462 e. The van der Waals surface area contributed by atoms with E-state index in [9.17, 15) is 14.4 Å². The Hall–Kier alpha value is -3.15. The summed E-state index contributed by atoms with van der Waals surface area (Å²) in [7, 11) is 0. The van der Waals surface area contributed by atoms with E-state index in [1.807, 2.05) is 0 Å². The number of ether oxygens (including phenoxy) is 3. The summed E-state index contributed by atoms with van der Waals surface area (Å²) in [6.45, 7) is 6.56. The van der Waals surface area contributed by atoms with Gasteiger partial charge >= 0.3 is 17.9 Å². The molecule has 0 amide bonds. The molecule has 0 heterocycles. The maximum Gasteiger partial charge on any atom is 0.306 e. The molecule has 0 aliphatic heterocycles. The highest BCUT2D eigenvalue weighted by atomic mass is 16.6. The summed E-state index contributed by atoms with van der Waals surface area (Å²) in [5, 5.41) is 0. The largest absolute Gasteiger partial charge is 0.462 e. The molecular formula is C73H130O6. The predicted molar refractivity (Wildman–Crippen MR) is 344 cm³/mol. The lowest BCUT2D eigenvalue weighted by Crippen LogP contribution is -2.30. The van der Waals surface area contributed by atoms with Crippen molar-refractivity contribution in [2.24, 2.45) is 0 Å². The molecule has 1 unspecified atom stereocenters. The summed E-state index contributed by atoms with van der Waals surface area (Å²) in [6, 6.07) is 0. The Bertz CT molecular complexity index is 1450. The molecule has 6 heteroatoms. The fourth-order valence-corrected chi connectivity index (χ4v) is 10.1. The third kappa shape index (κ3) is 65.5. The van der Waals surface area contributed by atoms with Crippen LogP contribution in [0.15, 0.2) is 72.9 Å². The predicted octanol–water partition coefficient (Wildman–Crippen LogP) is 23.7. The van der Waals surface area contributed by atoms with Crippen LogP contribution >= 0.6 is 0 Å². The molecule has 0 aromatic heterocycles. The lowest BCUT2D eigenvalue weighted by Gasteiger charge is -2.18. The second kappa shape index (κ2) is 67.4. The van der Waals surface area contributed by atoms with Gasteiger partial charge in [-0.05, 0) is 89.9 Å². The smallest absolute Gasteiger partial charge is 0.306 e. The van der Waals surface area contributed by atoms with E-state index in [4.69, 9.17) is 14.2 Å². The number of rotatable bonds is 63. The van der Waals surface area contributed by atoms with E-state index in [-0.39, 0.29) is 31.1 Å². The number of unbranched alkanes of at least 4 members (excludes halogenated alkanes) is 40. The summed E-state index contributed by atoms with van der Waals surface area (Å²) >= 11 is 0. The van der Waals surface area contributed by atoms with Crippen molar-refractivity contribution in [1.29, 1.82) is 0 Å². The van der Waals surface area contributed by atoms with E-state index in [2.05, 4.69) is 93.7 Å². The van der Waals surface area contributed by atoms with Crippen molar-refractivity contribution in [3.8, 4) is 0 Å². The minimum absolute atomic E-state index is 0.0743. The third-order valence-corrected chi connectivity index (χ3v) is 15.2. The van der Waals surface area contributed by atoms with Crippen LogP contribution in [0.3, 0.4) is 0 Å². The molecule has 0 aliphatic carbocycles. The second-order valence-corrected chi connectivity index (χ2v) is 23.1. The molecule has 0 aromatic rings. The maximum absolute atomic E-state index is 13.0. The van der Waals surface area contributed by atoms with Gasteiger partial charge in [0.1, 0.15) is 13.2 Å². The molecule has 0 radical (unpaired) electrons. The normalized spacial score (nSPS) is 12.5. The first kappa shape index (κ1) is 75.8. The molecule has 0 aromatic carbocycles. The van der Waals surface area contributed by atoms with Gasteiger partial charge in [-0.3, -0.25) is 14.4 Å². The average molecular weight is 1100 g/mol. The first-order valence-corrected chi connectivity index (χ1v) is 34.4.